The van der Waals surface area contributed by atoms with Gasteiger partial charge in [-0.1, -0.05) is 0 Å². The summed E-state index contributed by atoms with van der Waals surface area (Å²) in [6.45, 7) is 1.59. The van der Waals surface area contributed by atoms with Crippen LogP contribution in [0.1, 0.15) is 13.3 Å². The number of nitriles is 1. The molecule has 0 fully saturated rings. The van der Waals surface area contributed by atoms with Gasteiger partial charge in [-0.25, -0.2) is 8.42 Å². The van der Waals surface area contributed by atoms with E-state index in [-0.39, 0.29) is 22.7 Å². The van der Waals surface area contributed by atoms with Gasteiger partial charge in [-0.3, -0.25) is 16.0 Å². The second-order valence-corrected chi connectivity index (χ2v) is 6.31. The molecule has 0 aromatic heterocycles. The summed E-state index contributed by atoms with van der Waals surface area (Å²) >= 11 is 0. The van der Waals surface area contributed by atoms with E-state index in [4.69, 9.17) is 11.1 Å². The molecule has 114 valence electrons. The van der Waals surface area contributed by atoms with Crippen LogP contribution in [0, 0.1) is 21.4 Å². The summed E-state index contributed by atoms with van der Waals surface area (Å²) < 4.78 is 25.8. The van der Waals surface area contributed by atoms with Crippen LogP contribution in [0.15, 0.2) is 23.1 Å². The monoisotopic (exact) mass is 313 g/mol. The zero-order valence-corrected chi connectivity index (χ0v) is 12.3. The van der Waals surface area contributed by atoms with Crippen LogP contribution in [-0.2, 0) is 10.0 Å². The van der Waals surface area contributed by atoms with Gasteiger partial charge in [-0.15, -0.1) is 0 Å². The molecule has 1 aromatic carbocycles. The number of sulfonamides is 1. The van der Waals surface area contributed by atoms with Crippen LogP contribution in [0.4, 0.5) is 11.4 Å². The lowest BCUT2D eigenvalue weighted by molar-refractivity contribution is -0.384. The first-order valence-corrected chi connectivity index (χ1v) is 7.29. The summed E-state index contributed by atoms with van der Waals surface area (Å²) in [5, 5.41) is 19.4. The molecule has 0 heterocycles. The van der Waals surface area contributed by atoms with Crippen LogP contribution in [0.25, 0.3) is 0 Å². The van der Waals surface area contributed by atoms with E-state index in [0.29, 0.717) is 0 Å². The number of hydrogen-bond donors (Lipinski definition) is 2. The smallest absolute Gasteiger partial charge is 0.293 e. The fourth-order valence-electron chi connectivity index (χ4n) is 1.61. The number of nitrogens with one attached hydrogen (secondary N) is 1. The Morgan fingerprint density at radius 1 is 1.57 bits per heavy atom. The first kappa shape index (κ1) is 16.8. The Kier molecular flexibility index (Phi) is 5.20. The highest BCUT2D eigenvalue weighted by Crippen LogP contribution is 2.28. The number of nitro benzene ring substituents is 1. The molecule has 0 saturated heterocycles. The molecule has 1 atom stereocenters. The third kappa shape index (κ3) is 3.46. The minimum atomic E-state index is -3.87. The number of anilines is 1. The maximum Gasteiger partial charge on any atom is 0.293 e. The number of benzene rings is 1. The summed E-state index contributed by atoms with van der Waals surface area (Å²) in [6.07, 6.45) is 0.0324. The molecule has 0 amide bonds. The predicted octanol–water partition coefficient (Wildman–Crippen LogP) is 0.803. The van der Waals surface area contributed by atoms with Crippen LogP contribution in [0.5, 0.6) is 0 Å². The van der Waals surface area contributed by atoms with Gasteiger partial charge >= 0.3 is 0 Å². The Balaban J connectivity index is 3.27. The van der Waals surface area contributed by atoms with E-state index in [2.05, 4.69) is 5.43 Å². The topological polar surface area (TPSA) is 142 Å². The van der Waals surface area contributed by atoms with E-state index in [0.717, 1.165) is 22.5 Å². The van der Waals surface area contributed by atoms with E-state index in [1.807, 2.05) is 6.07 Å². The van der Waals surface area contributed by atoms with E-state index in [9.17, 15) is 18.5 Å². The fourth-order valence-corrected chi connectivity index (χ4v) is 3.00. The number of rotatable bonds is 6. The Labute approximate surface area is 122 Å². The van der Waals surface area contributed by atoms with Crippen molar-refractivity contribution in [1.29, 1.82) is 5.26 Å². The van der Waals surface area contributed by atoms with Crippen LogP contribution < -0.4 is 11.3 Å². The molecule has 9 nitrogen and oxygen atoms in total. The van der Waals surface area contributed by atoms with Crippen molar-refractivity contribution in [3.05, 3.63) is 28.3 Å². The molecule has 0 saturated carbocycles. The van der Waals surface area contributed by atoms with Crippen LogP contribution >= 0.6 is 0 Å². The third-order valence-electron chi connectivity index (χ3n) is 3.00. The summed E-state index contributed by atoms with van der Waals surface area (Å²) in [5.74, 6) is 5.18. The van der Waals surface area contributed by atoms with Crippen molar-refractivity contribution in [2.24, 2.45) is 5.84 Å². The molecular weight excluding hydrogens is 298 g/mol. The van der Waals surface area contributed by atoms with Crippen molar-refractivity contribution in [2.45, 2.75) is 24.3 Å². The molecule has 1 unspecified atom stereocenters. The number of hydrazine groups is 1. The molecule has 0 bridgehead atoms. The largest absolute Gasteiger partial charge is 0.318 e. The lowest BCUT2D eigenvalue weighted by atomic mass is 10.3. The maximum atomic E-state index is 12.4. The average Bonchev–Trinajstić information content (AvgIpc) is 2.45. The van der Waals surface area contributed by atoms with Crippen LogP contribution in [-0.4, -0.2) is 30.7 Å². The molecule has 0 aliphatic heterocycles. The number of nitrogens with two attached hydrogens (primary N) is 1. The Hall–Kier alpha value is -2.22. The van der Waals surface area contributed by atoms with Gasteiger partial charge in [0.25, 0.3) is 5.69 Å². The zero-order valence-electron chi connectivity index (χ0n) is 11.5. The molecule has 0 aliphatic carbocycles. The Morgan fingerprint density at radius 3 is 2.67 bits per heavy atom. The van der Waals surface area contributed by atoms with Gasteiger partial charge in [0.1, 0.15) is 5.69 Å². The minimum absolute atomic E-state index is 0.0324. The molecule has 1 rings (SSSR count). The second kappa shape index (κ2) is 6.49. The van der Waals surface area contributed by atoms with Crippen molar-refractivity contribution in [3.8, 4) is 6.07 Å². The third-order valence-corrected chi connectivity index (χ3v) is 4.97. The summed E-state index contributed by atoms with van der Waals surface area (Å²) in [6, 6.07) is 4.64. The van der Waals surface area contributed by atoms with Gasteiger partial charge in [0.2, 0.25) is 10.0 Å². The lowest BCUT2D eigenvalue weighted by Crippen LogP contribution is -2.34. The molecule has 1 aromatic rings. The molecule has 21 heavy (non-hydrogen) atoms. The fraction of sp³-hybridized carbons (Fsp3) is 0.364. The molecule has 3 N–H and O–H groups in total. The number of hydrogen-bond acceptors (Lipinski definition) is 7. The highest BCUT2D eigenvalue weighted by molar-refractivity contribution is 7.89. The second-order valence-electron chi connectivity index (χ2n) is 4.31. The van der Waals surface area contributed by atoms with Crippen LogP contribution in [0.3, 0.4) is 0 Å². The summed E-state index contributed by atoms with van der Waals surface area (Å²) in [4.78, 5) is 9.96. The van der Waals surface area contributed by atoms with E-state index in [1.54, 1.807) is 6.92 Å². The standard InChI is InChI=1S/C11H15N5O4S/c1-8(5-6-12)15(2)21(19,20)9-3-4-11(16(17)18)10(7-9)14-13/h3-4,7-8,14H,5,13H2,1-2H3. The molecule has 0 radical (unpaired) electrons. The van der Waals surface area contributed by atoms with Crippen molar-refractivity contribution < 1.29 is 13.3 Å². The van der Waals surface area contributed by atoms with Crippen molar-refractivity contribution in [2.75, 3.05) is 12.5 Å². The summed E-state index contributed by atoms with van der Waals surface area (Å²) in [5.41, 5.74) is 1.67. The minimum Gasteiger partial charge on any atom is -0.318 e. The molecule has 0 aliphatic rings. The zero-order chi connectivity index (χ0) is 16.2. The van der Waals surface area contributed by atoms with Crippen molar-refractivity contribution in [3.63, 3.8) is 0 Å². The first-order valence-electron chi connectivity index (χ1n) is 5.85. The maximum absolute atomic E-state index is 12.4. The number of nitrogens with zero attached hydrogens (tertiary/aromatic N) is 3. The molecule has 0 spiro atoms. The number of nitro groups is 1. The van der Waals surface area contributed by atoms with Gasteiger partial charge in [-0.2, -0.15) is 9.57 Å². The summed E-state index contributed by atoms with van der Waals surface area (Å²) in [7, 11) is -2.53. The quantitative estimate of drug-likeness (QED) is 0.449. The SMILES string of the molecule is CC(CC#N)N(C)S(=O)(=O)c1ccc([N+](=O)[O-])c(NN)c1. The van der Waals surface area contributed by atoms with Gasteiger partial charge < -0.3 is 5.43 Å². The Bertz CT molecular complexity index is 682. The normalized spacial score (nSPS) is 12.7. The first-order chi connectivity index (χ1) is 9.75. The van der Waals surface area contributed by atoms with Crippen molar-refractivity contribution >= 4 is 21.4 Å². The Morgan fingerprint density at radius 2 is 2.19 bits per heavy atom. The van der Waals surface area contributed by atoms with Crippen molar-refractivity contribution in [1.82, 2.24) is 4.31 Å². The van der Waals surface area contributed by atoms with Gasteiger partial charge in [0.05, 0.1) is 22.3 Å². The average molecular weight is 313 g/mol. The number of nitrogen functional groups attached to an aromatic ring is 1. The van der Waals surface area contributed by atoms with E-state index < -0.39 is 21.0 Å². The predicted molar refractivity (Wildman–Crippen MR) is 75.5 cm³/mol. The lowest BCUT2D eigenvalue weighted by Gasteiger charge is -2.22. The van der Waals surface area contributed by atoms with E-state index in [1.165, 1.54) is 7.05 Å². The van der Waals surface area contributed by atoms with Gasteiger partial charge in [0.15, 0.2) is 0 Å². The van der Waals surface area contributed by atoms with E-state index >= 15 is 0 Å². The van der Waals surface area contributed by atoms with Gasteiger partial charge in [0, 0.05) is 19.2 Å². The highest BCUT2D eigenvalue weighted by Gasteiger charge is 2.27. The highest BCUT2D eigenvalue weighted by atomic mass is 32.2. The van der Waals surface area contributed by atoms with Crippen LogP contribution in [0.2, 0.25) is 0 Å². The molecular formula is C11H15N5O4S. The molecule has 10 heteroatoms. The van der Waals surface area contributed by atoms with Gasteiger partial charge in [-0.05, 0) is 19.1 Å².